The second kappa shape index (κ2) is 7.36. The maximum atomic E-state index is 13.7. The Bertz CT molecular complexity index is 732. The van der Waals surface area contributed by atoms with Crippen LogP contribution in [0.1, 0.15) is 18.3 Å². The first-order valence-corrected chi connectivity index (χ1v) is 8.62. The number of anilines is 1. The van der Waals surface area contributed by atoms with Crippen molar-refractivity contribution in [3.8, 4) is 0 Å². The number of amides is 2. The average molecular weight is 338 g/mol. The van der Waals surface area contributed by atoms with Gasteiger partial charge < -0.3 is 10.6 Å². The van der Waals surface area contributed by atoms with E-state index in [1.807, 2.05) is 19.9 Å². The Labute approximate surface area is 136 Å². The molecule has 0 bridgehead atoms. The van der Waals surface area contributed by atoms with Gasteiger partial charge >= 0.3 is 6.03 Å². The van der Waals surface area contributed by atoms with Crippen molar-refractivity contribution in [1.82, 2.24) is 15.5 Å². The Kier molecular flexibility index (Phi) is 5.49. The maximum Gasteiger partial charge on any atom is 0.319 e. The number of H-pyrrole nitrogens is 1. The van der Waals surface area contributed by atoms with E-state index in [1.165, 1.54) is 18.4 Å². The fourth-order valence-electron chi connectivity index (χ4n) is 2.15. The van der Waals surface area contributed by atoms with Crippen LogP contribution < -0.4 is 10.6 Å². The summed E-state index contributed by atoms with van der Waals surface area (Å²) in [5.41, 5.74) is 2.12. The molecule has 124 valence electrons. The summed E-state index contributed by atoms with van der Waals surface area (Å²) < 4.78 is 25.0. The number of hydrogen-bond donors (Lipinski definition) is 3. The van der Waals surface area contributed by atoms with Crippen LogP contribution in [0.25, 0.3) is 0 Å². The van der Waals surface area contributed by atoms with Crippen LogP contribution in [0.4, 0.5) is 14.9 Å². The zero-order chi connectivity index (χ0) is 17.0. The molecule has 3 N–H and O–H groups in total. The number of carbonyl (C=O) groups is 1. The molecule has 0 unspecified atom stereocenters. The quantitative estimate of drug-likeness (QED) is 0.782. The maximum absolute atomic E-state index is 13.7. The molecule has 0 fully saturated rings. The largest absolute Gasteiger partial charge is 0.335 e. The van der Waals surface area contributed by atoms with E-state index in [0.717, 1.165) is 17.5 Å². The molecular weight excluding hydrogens is 319 g/mol. The smallest absolute Gasteiger partial charge is 0.319 e. The van der Waals surface area contributed by atoms with Crippen LogP contribution >= 0.6 is 0 Å². The molecule has 2 aromatic rings. The highest BCUT2D eigenvalue weighted by molar-refractivity contribution is 7.84. The summed E-state index contributed by atoms with van der Waals surface area (Å²) in [5.74, 6) is -0.608. The van der Waals surface area contributed by atoms with E-state index in [2.05, 4.69) is 20.8 Å². The minimum absolute atomic E-state index is 0.109. The van der Waals surface area contributed by atoms with Gasteiger partial charge in [0.05, 0.1) is 21.4 Å². The topological polar surface area (TPSA) is 86.9 Å². The summed E-state index contributed by atoms with van der Waals surface area (Å²) in [4.78, 5) is 12.0. The van der Waals surface area contributed by atoms with Gasteiger partial charge in [-0.2, -0.15) is 5.10 Å². The summed E-state index contributed by atoms with van der Waals surface area (Å²) in [5, 5.41) is 12.3. The molecule has 2 rings (SSSR count). The van der Waals surface area contributed by atoms with Gasteiger partial charge in [0.2, 0.25) is 0 Å². The third-order valence-electron chi connectivity index (χ3n) is 3.15. The summed E-state index contributed by atoms with van der Waals surface area (Å²) in [6, 6.07) is 5.41. The molecule has 1 aromatic carbocycles. The predicted molar refractivity (Wildman–Crippen MR) is 87.4 cm³/mol. The van der Waals surface area contributed by atoms with E-state index < -0.39 is 22.6 Å². The second-order valence-corrected chi connectivity index (χ2v) is 6.69. The molecular formula is C15H19FN4O2S. The standard InChI is InChI=1S/C15H19FN4O2S/c1-9(6-12-7-10(2)19-20-12)17-15(21)18-11-4-5-14(23(3)22)13(16)8-11/h4-5,7-9H,6H2,1-3H3,(H,19,20)(H2,17,18,21)/t9-,23-/m0/s1. The van der Waals surface area contributed by atoms with Crippen molar-refractivity contribution in [2.45, 2.75) is 31.2 Å². The van der Waals surface area contributed by atoms with Crippen molar-refractivity contribution in [2.75, 3.05) is 11.6 Å². The van der Waals surface area contributed by atoms with E-state index >= 15 is 0 Å². The fourth-order valence-corrected chi connectivity index (χ4v) is 2.74. The van der Waals surface area contributed by atoms with Crippen molar-refractivity contribution >= 4 is 22.5 Å². The minimum atomic E-state index is -1.40. The SMILES string of the molecule is Cc1cc(C[C@H](C)NC(=O)Nc2ccc([S@](C)=O)c(F)c2)n[nH]1. The lowest BCUT2D eigenvalue weighted by Crippen LogP contribution is -2.37. The van der Waals surface area contributed by atoms with Gasteiger partial charge in [-0.1, -0.05) is 0 Å². The van der Waals surface area contributed by atoms with Crippen molar-refractivity contribution in [3.05, 3.63) is 41.5 Å². The van der Waals surface area contributed by atoms with Crippen LogP contribution in [0.2, 0.25) is 0 Å². The zero-order valence-corrected chi connectivity index (χ0v) is 14.0. The number of aromatic amines is 1. The van der Waals surface area contributed by atoms with Gasteiger partial charge in [-0.3, -0.25) is 9.31 Å². The lowest BCUT2D eigenvalue weighted by molar-refractivity contribution is 0.249. The van der Waals surface area contributed by atoms with E-state index in [4.69, 9.17) is 0 Å². The Hall–Kier alpha value is -2.22. The number of hydrogen-bond acceptors (Lipinski definition) is 3. The number of carbonyl (C=O) groups excluding carboxylic acids is 1. The minimum Gasteiger partial charge on any atom is -0.335 e. The van der Waals surface area contributed by atoms with Crippen LogP contribution in [0, 0.1) is 12.7 Å². The molecule has 23 heavy (non-hydrogen) atoms. The average Bonchev–Trinajstić information content (AvgIpc) is 2.83. The molecule has 1 heterocycles. The van der Waals surface area contributed by atoms with Crippen molar-refractivity contribution in [3.63, 3.8) is 0 Å². The molecule has 0 radical (unpaired) electrons. The molecule has 0 aliphatic heterocycles. The molecule has 0 saturated heterocycles. The normalized spacial score (nSPS) is 13.4. The molecule has 2 amide bonds. The number of rotatable bonds is 5. The van der Waals surface area contributed by atoms with Gasteiger partial charge in [0.15, 0.2) is 0 Å². The molecule has 2 atom stereocenters. The molecule has 0 aliphatic carbocycles. The number of halogens is 1. The Morgan fingerprint density at radius 2 is 2.17 bits per heavy atom. The van der Waals surface area contributed by atoms with Crippen molar-refractivity contribution < 1.29 is 13.4 Å². The van der Waals surface area contributed by atoms with Crippen LogP contribution in [0.15, 0.2) is 29.2 Å². The highest BCUT2D eigenvalue weighted by Crippen LogP contribution is 2.17. The first-order valence-electron chi connectivity index (χ1n) is 7.06. The van der Waals surface area contributed by atoms with Crippen LogP contribution in [-0.2, 0) is 17.2 Å². The third-order valence-corrected chi connectivity index (χ3v) is 4.10. The fraction of sp³-hybridized carbons (Fsp3) is 0.333. The molecule has 0 spiro atoms. The first kappa shape index (κ1) is 17.1. The third kappa shape index (κ3) is 4.88. The number of nitrogens with one attached hydrogen (secondary N) is 3. The van der Waals surface area contributed by atoms with Crippen LogP contribution in [-0.4, -0.2) is 32.7 Å². The van der Waals surface area contributed by atoms with Gasteiger partial charge in [-0.15, -0.1) is 0 Å². The summed E-state index contributed by atoms with van der Waals surface area (Å²) in [6.07, 6.45) is 1.98. The highest BCUT2D eigenvalue weighted by Gasteiger charge is 2.12. The van der Waals surface area contributed by atoms with Gasteiger partial charge in [-0.25, -0.2) is 9.18 Å². The monoisotopic (exact) mass is 338 g/mol. The Morgan fingerprint density at radius 1 is 1.43 bits per heavy atom. The zero-order valence-electron chi connectivity index (χ0n) is 13.1. The van der Waals surface area contributed by atoms with Crippen LogP contribution in [0.5, 0.6) is 0 Å². The highest BCUT2D eigenvalue weighted by atomic mass is 32.2. The Morgan fingerprint density at radius 3 is 2.74 bits per heavy atom. The predicted octanol–water partition coefficient (Wildman–Crippen LogP) is 2.35. The number of aryl methyl sites for hydroxylation is 1. The Balaban J connectivity index is 1.91. The lowest BCUT2D eigenvalue weighted by Gasteiger charge is -2.14. The van der Waals surface area contributed by atoms with Gasteiger partial charge in [-0.05, 0) is 38.1 Å². The van der Waals surface area contributed by atoms with E-state index in [0.29, 0.717) is 12.1 Å². The molecule has 6 nitrogen and oxygen atoms in total. The van der Waals surface area contributed by atoms with Crippen molar-refractivity contribution in [2.24, 2.45) is 0 Å². The summed E-state index contributed by atoms with van der Waals surface area (Å²) in [7, 11) is -1.40. The van der Waals surface area contributed by atoms with Gasteiger partial charge in [0.25, 0.3) is 0 Å². The van der Waals surface area contributed by atoms with E-state index in [9.17, 15) is 13.4 Å². The van der Waals surface area contributed by atoms with Gasteiger partial charge in [0.1, 0.15) is 5.82 Å². The summed E-state index contributed by atoms with van der Waals surface area (Å²) in [6.45, 7) is 3.76. The number of nitrogens with zero attached hydrogens (tertiary/aromatic N) is 1. The molecule has 1 aromatic heterocycles. The van der Waals surface area contributed by atoms with E-state index in [-0.39, 0.29) is 10.9 Å². The molecule has 0 saturated carbocycles. The lowest BCUT2D eigenvalue weighted by atomic mass is 10.2. The first-order chi connectivity index (χ1) is 10.8. The number of benzene rings is 1. The molecule has 0 aliphatic rings. The van der Waals surface area contributed by atoms with Gasteiger partial charge in [0, 0.05) is 30.1 Å². The summed E-state index contributed by atoms with van der Waals surface area (Å²) >= 11 is 0. The number of urea groups is 1. The number of aromatic nitrogens is 2. The second-order valence-electron chi connectivity index (χ2n) is 5.35. The molecule has 8 heteroatoms. The van der Waals surface area contributed by atoms with Crippen molar-refractivity contribution in [1.29, 1.82) is 0 Å². The van der Waals surface area contributed by atoms with E-state index in [1.54, 1.807) is 0 Å². The van der Waals surface area contributed by atoms with Crippen LogP contribution in [0.3, 0.4) is 0 Å².